The van der Waals surface area contributed by atoms with Gasteiger partial charge in [0.2, 0.25) is 0 Å². The second-order valence-corrected chi connectivity index (χ2v) is 25.5. The van der Waals surface area contributed by atoms with E-state index in [0.29, 0.717) is 29.6 Å². The van der Waals surface area contributed by atoms with Gasteiger partial charge in [0.05, 0.1) is 59.5 Å². The Hall–Kier alpha value is -6.51. The standard InChI is InChI=1S/C17H20O3S.C16H17FO4S.C16H18O3S.C15H15BrO3S/c1-5-12-8-16-13(7-15(12)20-4)9-17(21-16)14(19)6-10(2)11(3)18;1-8(9(2)18)5-11(19)14-6-10-13(22-14)7-12(20-3)16(21-4)15(10)17;1-9(11(3)17)5-13(18)16-8-12-7-14(19-4)10(2)6-15(12)20-16;1-8(9(2)17)4-12(18)15-6-10-5-11(16)13(19-3)7-14(10)20-15/h7-10H,5-6H2,1-4H3;6-8H,5H2,1-4H3;6-9H,5H2,1-4H3;5-8H,4H2,1-3H3/t10-;8-;9-;8-/m0000/s1. The number of methoxy groups -OCH3 is 5. The summed E-state index contributed by atoms with van der Waals surface area (Å²) in [6.07, 6.45) is 1.83. The number of aryl methyl sites for hydroxylation is 2. The van der Waals surface area contributed by atoms with Crippen molar-refractivity contribution in [2.45, 2.75) is 101 Å². The molecule has 4 atom stereocenters. The van der Waals surface area contributed by atoms with Crippen molar-refractivity contribution in [2.24, 2.45) is 23.7 Å². The molecule has 0 N–H and O–H groups in total. The Morgan fingerprint density at radius 3 is 1.18 bits per heavy atom. The van der Waals surface area contributed by atoms with Crippen LogP contribution in [0.15, 0.2) is 71.2 Å². The van der Waals surface area contributed by atoms with Crippen LogP contribution in [0.3, 0.4) is 0 Å². The molecule has 0 saturated carbocycles. The molecule has 0 saturated heterocycles. The van der Waals surface area contributed by atoms with Gasteiger partial charge in [0.1, 0.15) is 40.4 Å². The first-order chi connectivity index (χ1) is 39.2. The molecular weight excluding hydrogens is 1200 g/mol. The molecule has 0 aliphatic heterocycles. The maximum atomic E-state index is 14.4. The summed E-state index contributed by atoms with van der Waals surface area (Å²) in [7, 11) is 7.70. The molecule has 83 heavy (non-hydrogen) atoms. The highest BCUT2D eigenvalue weighted by Gasteiger charge is 2.24. The Morgan fingerprint density at radius 2 is 0.795 bits per heavy atom. The van der Waals surface area contributed by atoms with E-state index in [1.54, 1.807) is 55.1 Å². The molecule has 13 nitrogen and oxygen atoms in total. The zero-order valence-electron chi connectivity index (χ0n) is 49.4. The molecule has 4 aromatic heterocycles. The zero-order chi connectivity index (χ0) is 61.7. The van der Waals surface area contributed by atoms with Gasteiger partial charge in [0.25, 0.3) is 0 Å². The number of thiophene rings is 4. The normalized spacial score (nSPS) is 12.3. The maximum absolute atomic E-state index is 14.4. The van der Waals surface area contributed by atoms with Gasteiger partial charge >= 0.3 is 0 Å². The van der Waals surface area contributed by atoms with Crippen molar-refractivity contribution in [1.29, 1.82) is 0 Å². The minimum Gasteiger partial charge on any atom is -0.496 e. The lowest BCUT2D eigenvalue weighted by molar-refractivity contribution is -0.120. The Kier molecular flexibility index (Phi) is 24.6. The predicted octanol–water partition coefficient (Wildman–Crippen LogP) is 16.6. The molecular formula is C64H70BrFO13S4. The van der Waals surface area contributed by atoms with E-state index in [1.807, 2.05) is 55.5 Å². The van der Waals surface area contributed by atoms with Crippen LogP contribution in [0.2, 0.25) is 0 Å². The maximum Gasteiger partial charge on any atom is 0.197 e. The second kappa shape index (κ2) is 30.3. The third-order valence-corrected chi connectivity index (χ3v) is 19.2. The second-order valence-electron chi connectivity index (χ2n) is 20.3. The summed E-state index contributed by atoms with van der Waals surface area (Å²) in [5, 5.41) is 3.35. The monoisotopic (exact) mass is 1270 g/mol. The highest BCUT2D eigenvalue weighted by molar-refractivity contribution is 9.10. The van der Waals surface area contributed by atoms with Crippen LogP contribution >= 0.6 is 61.3 Å². The van der Waals surface area contributed by atoms with Gasteiger partial charge in [0.15, 0.2) is 40.4 Å². The highest BCUT2D eigenvalue weighted by atomic mass is 79.9. The lowest BCUT2D eigenvalue weighted by Gasteiger charge is -2.08. The summed E-state index contributed by atoms with van der Waals surface area (Å²) in [4.78, 5) is 96.4. The summed E-state index contributed by atoms with van der Waals surface area (Å²) >= 11 is 9.02. The van der Waals surface area contributed by atoms with Crippen molar-refractivity contribution in [3.05, 3.63) is 108 Å². The summed E-state index contributed by atoms with van der Waals surface area (Å²) < 4.78 is 45.1. The molecule has 4 aromatic carbocycles. The molecule has 0 aliphatic rings. The molecule has 0 unspecified atom stereocenters. The van der Waals surface area contributed by atoms with Gasteiger partial charge in [-0.15, -0.1) is 45.3 Å². The van der Waals surface area contributed by atoms with E-state index in [9.17, 15) is 42.7 Å². The van der Waals surface area contributed by atoms with Crippen LogP contribution in [0, 0.1) is 36.4 Å². The van der Waals surface area contributed by atoms with Gasteiger partial charge in [-0.1, -0.05) is 34.6 Å². The Labute approximate surface area is 507 Å². The molecule has 8 aromatic rings. The van der Waals surface area contributed by atoms with E-state index in [0.717, 1.165) is 69.5 Å². The number of ketones is 8. The van der Waals surface area contributed by atoms with Crippen LogP contribution in [-0.4, -0.2) is 81.8 Å². The highest BCUT2D eigenvalue weighted by Crippen LogP contribution is 2.41. The molecule has 0 amide bonds. The van der Waals surface area contributed by atoms with Crippen molar-refractivity contribution in [3.8, 4) is 28.7 Å². The number of hydrogen-bond donors (Lipinski definition) is 0. The van der Waals surface area contributed by atoms with Crippen LogP contribution in [0.5, 0.6) is 28.7 Å². The molecule has 4 heterocycles. The number of ether oxygens (including phenoxy) is 5. The lowest BCUT2D eigenvalue weighted by atomic mass is 10.00. The van der Waals surface area contributed by atoms with Crippen LogP contribution < -0.4 is 23.7 Å². The minimum absolute atomic E-state index is 0.0175. The van der Waals surface area contributed by atoms with Crippen molar-refractivity contribution in [2.75, 3.05) is 35.5 Å². The van der Waals surface area contributed by atoms with Gasteiger partial charge in [0, 0.05) is 79.6 Å². The average molecular weight is 1270 g/mol. The lowest BCUT2D eigenvalue weighted by Crippen LogP contribution is -2.11. The van der Waals surface area contributed by atoms with Crippen molar-refractivity contribution >= 4 is 148 Å². The number of halogens is 2. The average Bonchev–Trinajstić information content (AvgIpc) is 4.48. The first-order valence-electron chi connectivity index (χ1n) is 26.6. The molecule has 8 rings (SSSR count). The largest absolute Gasteiger partial charge is 0.496 e. The van der Waals surface area contributed by atoms with Gasteiger partial charge < -0.3 is 23.7 Å². The first-order valence-corrected chi connectivity index (χ1v) is 30.7. The quantitative estimate of drug-likeness (QED) is 0.0585. The van der Waals surface area contributed by atoms with Crippen LogP contribution in [-0.2, 0) is 25.6 Å². The SMILES string of the molecule is CCc1cc2sc(C(=O)C[C@H](C)C(C)=O)cc2cc1OC.COc1cc2cc(C(=O)C[C@H](C)C(C)=O)sc2cc1C.COc1cc2sc(C(=O)C[C@H](C)C(C)=O)cc2c(F)c1OC.COc1cc2sc(C(=O)C[C@H](C)C(C)=O)cc2cc1Br. The zero-order valence-corrected chi connectivity index (χ0v) is 54.2. The fourth-order valence-electron chi connectivity index (χ4n) is 8.24. The number of fused-ring (bicyclic) bond motifs is 4. The third-order valence-electron chi connectivity index (χ3n) is 14.1. The van der Waals surface area contributed by atoms with Crippen LogP contribution in [0.1, 0.15) is 138 Å². The van der Waals surface area contributed by atoms with E-state index >= 15 is 0 Å². The van der Waals surface area contributed by atoms with Crippen molar-refractivity contribution < 1.29 is 66.4 Å². The molecule has 0 aliphatic carbocycles. The van der Waals surface area contributed by atoms with Crippen molar-refractivity contribution in [3.63, 3.8) is 0 Å². The summed E-state index contributed by atoms with van der Waals surface area (Å²) in [5.74, 6) is 1.21. The third kappa shape index (κ3) is 17.3. The smallest absolute Gasteiger partial charge is 0.197 e. The number of hydrogen-bond acceptors (Lipinski definition) is 17. The molecule has 19 heteroatoms. The van der Waals surface area contributed by atoms with E-state index in [2.05, 4.69) is 28.9 Å². The van der Waals surface area contributed by atoms with Gasteiger partial charge in [-0.25, -0.2) is 4.39 Å². The Bertz CT molecular complexity index is 3570. The molecule has 0 spiro atoms. The molecule has 0 radical (unpaired) electrons. The molecule has 442 valence electrons. The first kappa shape index (κ1) is 67.3. The van der Waals surface area contributed by atoms with E-state index in [-0.39, 0.29) is 107 Å². The fourth-order valence-corrected chi connectivity index (χ4v) is 13.0. The Morgan fingerprint density at radius 1 is 0.446 bits per heavy atom. The number of rotatable bonds is 22. The van der Waals surface area contributed by atoms with Crippen LogP contribution in [0.25, 0.3) is 40.3 Å². The fraction of sp³-hybridized carbons (Fsp3) is 0.375. The predicted molar refractivity (Wildman–Crippen MR) is 337 cm³/mol. The minimum atomic E-state index is -0.549. The number of Topliss-reactive ketones (excluding diaryl/α,β-unsaturated/α-hetero) is 8. The molecule has 0 fully saturated rings. The number of benzene rings is 4. The van der Waals surface area contributed by atoms with E-state index < -0.39 is 5.82 Å². The van der Waals surface area contributed by atoms with Gasteiger partial charge in [-0.2, -0.15) is 0 Å². The summed E-state index contributed by atoms with van der Waals surface area (Å²) in [6.45, 7) is 17.2. The number of carbonyl (C=O) groups excluding carboxylic acids is 8. The van der Waals surface area contributed by atoms with Crippen LogP contribution in [0.4, 0.5) is 4.39 Å². The number of carbonyl (C=O) groups is 8. The molecule has 0 bridgehead atoms. The topological polar surface area (TPSA) is 183 Å². The summed E-state index contributed by atoms with van der Waals surface area (Å²) in [6, 6.07) is 20.7. The Balaban J connectivity index is 0.000000203. The van der Waals surface area contributed by atoms with Gasteiger partial charge in [-0.05, 0) is 145 Å². The van der Waals surface area contributed by atoms with Gasteiger partial charge in [-0.3, -0.25) is 38.4 Å². The summed E-state index contributed by atoms with van der Waals surface area (Å²) in [5.41, 5.74) is 2.20. The van der Waals surface area contributed by atoms with Crippen molar-refractivity contribution in [1.82, 2.24) is 0 Å². The van der Waals surface area contributed by atoms with E-state index in [4.69, 9.17) is 23.7 Å². The van der Waals surface area contributed by atoms with E-state index in [1.165, 1.54) is 93.3 Å².